The van der Waals surface area contributed by atoms with Crippen molar-refractivity contribution in [2.75, 3.05) is 11.8 Å². The highest BCUT2D eigenvalue weighted by Gasteiger charge is 2.33. The molecule has 0 radical (unpaired) electrons. The molecule has 2 aromatic rings. The maximum Gasteiger partial charge on any atom is 0.417 e. The maximum atomic E-state index is 12.9. The molecule has 0 aliphatic carbocycles. The zero-order chi connectivity index (χ0) is 20.2. The zero-order valence-corrected chi connectivity index (χ0v) is 15.4. The van der Waals surface area contributed by atoms with E-state index in [-0.39, 0.29) is 16.5 Å². The molecule has 2 N–H and O–H groups in total. The second-order valence-electron chi connectivity index (χ2n) is 5.31. The SMILES string of the molecule is CNC(=O)/C=C/c1ccc(S(=O)(=O)Nc2ccc(Cl)c(C(F)(F)F)c2)cc1. The molecule has 0 saturated carbocycles. The summed E-state index contributed by atoms with van der Waals surface area (Å²) < 4.78 is 65.5. The van der Waals surface area contributed by atoms with Crippen LogP contribution in [-0.2, 0) is 21.0 Å². The van der Waals surface area contributed by atoms with Gasteiger partial charge in [0.1, 0.15) is 0 Å². The van der Waals surface area contributed by atoms with Gasteiger partial charge in [0.25, 0.3) is 10.0 Å². The van der Waals surface area contributed by atoms with E-state index in [0.717, 1.165) is 12.1 Å². The topological polar surface area (TPSA) is 75.3 Å². The Morgan fingerprint density at radius 2 is 1.74 bits per heavy atom. The largest absolute Gasteiger partial charge is 0.417 e. The van der Waals surface area contributed by atoms with Crippen LogP contribution in [0.2, 0.25) is 5.02 Å². The number of halogens is 4. The Hall–Kier alpha value is -2.52. The van der Waals surface area contributed by atoms with Crippen LogP contribution in [0.4, 0.5) is 18.9 Å². The van der Waals surface area contributed by atoms with Gasteiger partial charge in [-0.1, -0.05) is 23.7 Å². The molecule has 0 fully saturated rings. The number of amides is 1. The second-order valence-corrected chi connectivity index (χ2v) is 7.40. The number of hydrogen-bond donors (Lipinski definition) is 2. The lowest BCUT2D eigenvalue weighted by atomic mass is 10.2. The van der Waals surface area contributed by atoms with Crippen molar-refractivity contribution in [1.82, 2.24) is 5.32 Å². The molecule has 0 bridgehead atoms. The molecule has 0 aliphatic rings. The number of rotatable bonds is 5. The lowest BCUT2D eigenvalue weighted by Gasteiger charge is -2.13. The van der Waals surface area contributed by atoms with Crippen molar-refractivity contribution in [2.45, 2.75) is 11.1 Å². The van der Waals surface area contributed by atoms with E-state index >= 15 is 0 Å². The first-order valence-electron chi connectivity index (χ1n) is 7.42. The van der Waals surface area contributed by atoms with Crippen molar-refractivity contribution in [3.05, 3.63) is 64.7 Å². The highest BCUT2D eigenvalue weighted by molar-refractivity contribution is 7.92. The molecule has 0 atom stereocenters. The minimum absolute atomic E-state index is 0.150. The lowest BCUT2D eigenvalue weighted by Crippen LogP contribution is -2.14. The lowest BCUT2D eigenvalue weighted by molar-refractivity contribution is -0.137. The Bertz CT molecular complexity index is 972. The van der Waals surface area contributed by atoms with E-state index in [1.54, 1.807) is 0 Å². The average molecular weight is 419 g/mol. The van der Waals surface area contributed by atoms with E-state index in [2.05, 4.69) is 10.0 Å². The molecule has 10 heteroatoms. The number of likely N-dealkylation sites (N-methyl/N-ethyl adjacent to an activating group) is 1. The van der Waals surface area contributed by atoms with Crippen molar-refractivity contribution in [3.8, 4) is 0 Å². The van der Waals surface area contributed by atoms with Gasteiger partial charge in [-0.15, -0.1) is 0 Å². The number of carbonyl (C=O) groups is 1. The van der Waals surface area contributed by atoms with Crippen molar-refractivity contribution < 1.29 is 26.4 Å². The summed E-state index contributed by atoms with van der Waals surface area (Å²) in [7, 11) is -2.64. The van der Waals surface area contributed by atoms with Crippen LogP contribution in [-0.4, -0.2) is 21.4 Å². The average Bonchev–Trinajstić information content (AvgIpc) is 2.60. The Kier molecular flexibility index (Phi) is 6.17. The van der Waals surface area contributed by atoms with Gasteiger partial charge in [-0.25, -0.2) is 8.42 Å². The molecule has 2 aromatic carbocycles. The van der Waals surface area contributed by atoms with Gasteiger partial charge >= 0.3 is 6.18 Å². The first kappa shape index (κ1) is 20.8. The molecule has 5 nitrogen and oxygen atoms in total. The summed E-state index contributed by atoms with van der Waals surface area (Å²) >= 11 is 5.52. The molecule has 144 valence electrons. The summed E-state index contributed by atoms with van der Waals surface area (Å²) in [5.41, 5.74) is -0.835. The van der Waals surface area contributed by atoms with E-state index < -0.39 is 26.8 Å². The van der Waals surface area contributed by atoms with E-state index in [9.17, 15) is 26.4 Å². The van der Waals surface area contributed by atoms with Crippen molar-refractivity contribution in [1.29, 1.82) is 0 Å². The number of nitrogens with one attached hydrogen (secondary N) is 2. The number of alkyl halides is 3. The minimum Gasteiger partial charge on any atom is -0.356 e. The fraction of sp³-hybridized carbons (Fsp3) is 0.118. The number of hydrogen-bond acceptors (Lipinski definition) is 3. The predicted octanol–water partition coefficient (Wildman–Crippen LogP) is 3.92. The van der Waals surface area contributed by atoms with Crippen LogP contribution in [0.1, 0.15) is 11.1 Å². The van der Waals surface area contributed by atoms with Crippen LogP contribution in [0.15, 0.2) is 53.4 Å². The Labute approximate surface area is 158 Å². The summed E-state index contributed by atoms with van der Waals surface area (Å²) in [5, 5.41) is 1.87. The molecule has 0 unspecified atom stereocenters. The van der Waals surface area contributed by atoms with E-state index in [0.29, 0.717) is 11.6 Å². The molecule has 1 amide bonds. The van der Waals surface area contributed by atoms with Crippen LogP contribution >= 0.6 is 11.6 Å². The van der Waals surface area contributed by atoms with Crippen molar-refractivity contribution in [2.24, 2.45) is 0 Å². The first-order chi connectivity index (χ1) is 12.5. The fourth-order valence-electron chi connectivity index (χ4n) is 2.03. The van der Waals surface area contributed by atoms with Gasteiger partial charge < -0.3 is 5.32 Å². The standard InChI is InChI=1S/C17H14ClF3N2O3S/c1-22-16(24)9-4-11-2-6-13(7-3-11)27(25,26)23-12-5-8-15(18)14(10-12)17(19,20)21/h2-10,23H,1H3,(H,22,24)/b9-4+. The molecular formula is C17H14ClF3N2O3S. The zero-order valence-electron chi connectivity index (χ0n) is 13.8. The van der Waals surface area contributed by atoms with Gasteiger partial charge in [-0.3, -0.25) is 9.52 Å². The van der Waals surface area contributed by atoms with Gasteiger partial charge in [0.05, 0.1) is 15.5 Å². The third-order valence-corrected chi connectivity index (χ3v) is 5.11. The summed E-state index contributed by atoms with van der Waals surface area (Å²) in [6.45, 7) is 0. The highest BCUT2D eigenvalue weighted by Crippen LogP contribution is 2.36. The normalized spacial score (nSPS) is 12.2. The molecule has 0 heterocycles. The number of benzene rings is 2. The van der Waals surface area contributed by atoms with Gasteiger partial charge in [0.2, 0.25) is 5.91 Å². The van der Waals surface area contributed by atoms with Crippen molar-refractivity contribution in [3.63, 3.8) is 0 Å². The van der Waals surface area contributed by atoms with E-state index in [1.807, 2.05) is 0 Å². The summed E-state index contributed by atoms with van der Waals surface area (Å²) in [5.74, 6) is -0.323. The Morgan fingerprint density at radius 1 is 1.11 bits per heavy atom. The van der Waals surface area contributed by atoms with Crippen LogP contribution < -0.4 is 10.0 Å². The first-order valence-corrected chi connectivity index (χ1v) is 9.28. The number of anilines is 1. The molecule has 0 saturated heterocycles. The molecule has 0 aromatic heterocycles. The molecule has 0 aliphatic heterocycles. The molecular weight excluding hydrogens is 405 g/mol. The Morgan fingerprint density at radius 3 is 2.30 bits per heavy atom. The Balaban J connectivity index is 2.24. The van der Waals surface area contributed by atoms with Crippen molar-refractivity contribution >= 4 is 39.3 Å². The van der Waals surface area contributed by atoms with Gasteiger partial charge in [0, 0.05) is 18.8 Å². The van der Waals surface area contributed by atoms with Gasteiger partial charge in [-0.2, -0.15) is 13.2 Å². The molecule has 27 heavy (non-hydrogen) atoms. The fourth-order valence-corrected chi connectivity index (χ4v) is 3.31. The minimum atomic E-state index is -4.71. The number of carbonyl (C=O) groups excluding carboxylic acids is 1. The monoisotopic (exact) mass is 418 g/mol. The quantitative estimate of drug-likeness (QED) is 0.723. The molecule has 0 spiro atoms. The second kappa shape index (κ2) is 8.01. The van der Waals surface area contributed by atoms with Crippen LogP contribution in [0.5, 0.6) is 0 Å². The summed E-state index contributed by atoms with van der Waals surface area (Å²) in [4.78, 5) is 11.0. The summed E-state index contributed by atoms with van der Waals surface area (Å²) in [6.07, 6.45) is -1.96. The van der Waals surface area contributed by atoms with Crippen LogP contribution in [0.3, 0.4) is 0 Å². The van der Waals surface area contributed by atoms with Gasteiger partial charge in [-0.05, 0) is 42.0 Å². The molecule has 2 rings (SSSR count). The van der Waals surface area contributed by atoms with E-state index in [4.69, 9.17) is 11.6 Å². The van der Waals surface area contributed by atoms with E-state index in [1.165, 1.54) is 43.5 Å². The summed E-state index contributed by atoms with van der Waals surface area (Å²) in [6, 6.07) is 8.18. The third-order valence-electron chi connectivity index (χ3n) is 3.39. The third kappa shape index (κ3) is 5.48. The smallest absolute Gasteiger partial charge is 0.356 e. The maximum absolute atomic E-state index is 12.9. The number of sulfonamides is 1. The van der Waals surface area contributed by atoms with Crippen LogP contribution in [0, 0.1) is 0 Å². The highest BCUT2D eigenvalue weighted by atomic mass is 35.5. The van der Waals surface area contributed by atoms with Crippen LogP contribution in [0.25, 0.3) is 6.08 Å². The predicted molar refractivity (Wildman–Crippen MR) is 96.8 cm³/mol. The van der Waals surface area contributed by atoms with Gasteiger partial charge in [0.15, 0.2) is 0 Å².